The van der Waals surface area contributed by atoms with Gasteiger partial charge in [-0.2, -0.15) is 0 Å². The Morgan fingerprint density at radius 2 is 2.29 bits per heavy atom. The van der Waals surface area contributed by atoms with Crippen LogP contribution >= 0.6 is 31.6 Å². The fraction of sp³-hybridized carbons (Fsp3) is 0.412. The third kappa shape index (κ3) is 4.10. The smallest absolute Gasteiger partial charge is 0.403 e. The molecule has 0 saturated carbocycles. The molecule has 0 bridgehead atoms. The molecule has 2 aliphatic heterocycles. The number of nitrogens with zero attached hydrogens (tertiary/aromatic N) is 1. The molecule has 1 aromatic carbocycles. The van der Waals surface area contributed by atoms with Gasteiger partial charge in [-0.15, -0.1) is 0 Å². The first-order chi connectivity index (χ1) is 15.3. The van der Waals surface area contributed by atoms with Gasteiger partial charge in [0.2, 0.25) is 0 Å². The first-order valence-electron chi connectivity index (χ1n) is 9.75. The van der Waals surface area contributed by atoms with Gasteiger partial charge < -0.3 is 19.5 Å². The van der Waals surface area contributed by atoms with Crippen LogP contribution in [-0.2, 0) is 25.0 Å². The summed E-state index contributed by atoms with van der Waals surface area (Å²) >= 11 is 10.7. The van der Waals surface area contributed by atoms with Gasteiger partial charge in [0.25, 0.3) is 11.4 Å². The fourth-order valence-electron chi connectivity index (χ4n) is 3.05. The Kier molecular flexibility index (Phi) is 5.20. The predicted octanol–water partition coefficient (Wildman–Crippen LogP) is 2.52. The minimum Gasteiger partial charge on any atom is -0.403 e. The third-order valence-corrected chi connectivity index (χ3v) is 6.41. The SMILES string of the molecule is [2H]C([2H])(OP1(=O)OCc2cccc(C)c2O1)[C@@]1(F)O[C@@H](n2cc(Cl)c(=O)[nH]c2=S)[C@H](O)[C@@H]1O. The van der Waals surface area contributed by atoms with E-state index < -0.39 is 49.3 Å². The number of aryl methyl sites for hydroxylation is 1. The Labute approximate surface area is 187 Å². The molecule has 0 amide bonds. The number of halogens is 2. The van der Waals surface area contributed by atoms with E-state index in [2.05, 4.69) is 4.98 Å². The van der Waals surface area contributed by atoms with Gasteiger partial charge >= 0.3 is 7.82 Å². The zero-order valence-electron chi connectivity index (χ0n) is 17.7. The summed E-state index contributed by atoms with van der Waals surface area (Å²) in [6.07, 6.45) is -5.56. The number of hydrogen-bond donors (Lipinski definition) is 3. The van der Waals surface area contributed by atoms with Crippen molar-refractivity contribution in [2.24, 2.45) is 0 Å². The lowest BCUT2D eigenvalue weighted by Gasteiger charge is -2.29. The Bertz CT molecular complexity index is 1280. The number of phosphoric ester groups is 1. The van der Waals surface area contributed by atoms with Crippen molar-refractivity contribution in [3.8, 4) is 5.75 Å². The van der Waals surface area contributed by atoms with Crippen molar-refractivity contribution in [1.82, 2.24) is 9.55 Å². The minimum atomic E-state index is -4.73. The number of alkyl halides is 1. The Hall–Kier alpha value is -1.63. The van der Waals surface area contributed by atoms with E-state index in [0.717, 1.165) is 10.8 Å². The third-order valence-electron chi connectivity index (χ3n) is 4.66. The number of nitrogens with one attached hydrogen (secondary N) is 1. The molecule has 5 atom stereocenters. The highest BCUT2D eigenvalue weighted by molar-refractivity contribution is 7.71. The maximum Gasteiger partial charge on any atom is 0.530 e. The number of aromatic nitrogens is 2. The van der Waals surface area contributed by atoms with Crippen LogP contribution in [0, 0.1) is 11.7 Å². The molecule has 0 spiro atoms. The average Bonchev–Trinajstić information content (AvgIpc) is 2.96. The highest BCUT2D eigenvalue weighted by atomic mass is 35.5. The molecule has 3 N–H and O–H groups in total. The molecule has 1 unspecified atom stereocenters. The number of rotatable bonds is 4. The number of benzene rings is 1. The van der Waals surface area contributed by atoms with Crippen LogP contribution in [0.25, 0.3) is 0 Å². The molecule has 2 aromatic rings. The van der Waals surface area contributed by atoms with Gasteiger partial charge in [-0.3, -0.25) is 23.4 Å². The van der Waals surface area contributed by atoms with Crippen molar-refractivity contribution < 1.29 is 40.2 Å². The average molecular weight is 497 g/mol. The molecule has 10 nitrogen and oxygen atoms in total. The highest BCUT2D eigenvalue weighted by Gasteiger charge is 2.57. The molecule has 3 heterocycles. The highest BCUT2D eigenvalue weighted by Crippen LogP contribution is 2.56. The number of para-hydroxylation sites is 1. The van der Waals surface area contributed by atoms with Crippen molar-refractivity contribution in [2.45, 2.75) is 37.8 Å². The quantitative estimate of drug-likeness (QED) is 0.431. The van der Waals surface area contributed by atoms with Crippen molar-refractivity contribution >= 4 is 31.6 Å². The largest absolute Gasteiger partial charge is 0.530 e. The number of fused-ring (bicyclic) bond motifs is 1. The van der Waals surface area contributed by atoms with E-state index in [1.165, 1.54) is 0 Å². The Morgan fingerprint density at radius 1 is 1.55 bits per heavy atom. The molecule has 0 aliphatic carbocycles. The first kappa shape index (κ1) is 20.0. The molecule has 2 aliphatic rings. The van der Waals surface area contributed by atoms with Crippen LogP contribution in [0.5, 0.6) is 5.75 Å². The van der Waals surface area contributed by atoms with Crippen LogP contribution in [-0.4, -0.2) is 44.4 Å². The van der Waals surface area contributed by atoms with Gasteiger partial charge in [0.15, 0.2) is 11.0 Å². The number of aliphatic hydroxyl groups excluding tert-OH is 2. The summed E-state index contributed by atoms with van der Waals surface area (Å²) in [5, 5.41) is 20.3. The fourth-order valence-corrected chi connectivity index (χ4v) is 4.62. The maximum atomic E-state index is 15.8. The summed E-state index contributed by atoms with van der Waals surface area (Å²) in [6, 6.07) is 4.97. The first-order valence-corrected chi connectivity index (χ1v) is 11.0. The van der Waals surface area contributed by atoms with Crippen molar-refractivity contribution in [1.29, 1.82) is 0 Å². The van der Waals surface area contributed by atoms with Crippen LogP contribution in [0.2, 0.25) is 5.02 Å². The van der Waals surface area contributed by atoms with Gasteiger partial charge in [0.05, 0.1) is 9.35 Å². The van der Waals surface area contributed by atoms with Crippen LogP contribution in [0.3, 0.4) is 0 Å². The molecule has 4 rings (SSSR count). The lowest BCUT2D eigenvalue weighted by Crippen LogP contribution is -2.43. The molecule has 1 fully saturated rings. The predicted molar refractivity (Wildman–Crippen MR) is 107 cm³/mol. The summed E-state index contributed by atoms with van der Waals surface area (Å²) in [5.74, 6) is -3.65. The molecule has 31 heavy (non-hydrogen) atoms. The number of aliphatic hydroxyl groups is 2. The summed E-state index contributed by atoms with van der Waals surface area (Å²) in [6.45, 7) is -2.29. The van der Waals surface area contributed by atoms with E-state index in [9.17, 15) is 19.6 Å². The topological polar surface area (TPSA) is 132 Å². The molecule has 0 radical (unpaired) electrons. The molecule has 1 saturated heterocycles. The second-order valence-electron chi connectivity index (χ2n) is 6.80. The van der Waals surface area contributed by atoms with E-state index >= 15 is 4.39 Å². The normalized spacial score (nSPS) is 33.9. The molecular weight excluding hydrogens is 478 g/mol. The van der Waals surface area contributed by atoms with Crippen LogP contribution in [0.15, 0.2) is 29.2 Å². The lowest BCUT2D eigenvalue weighted by atomic mass is 10.1. The van der Waals surface area contributed by atoms with Gasteiger partial charge in [-0.05, 0) is 24.7 Å². The van der Waals surface area contributed by atoms with Crippen molar-refractivity contribution in [3.05, 3.63) is 55.7 Å². The molecule has 168 valence electrons. The number of H-pyrrole nitrogens is 1. The number of aromatic amines is 1. The second kappa shape index (κ2) is 8.05. The molecule has 14 heteroatoms. The van der Waals surface area contributed by atoms with Gasteiger partial charge in [0.1, 0.15) is 29.5 Å². The van der Waals surface area contributed by atoms with Crippen molar-refractivity contribution in [2.75, 3.05) is 6.56 Å². The van der Waals surface area contributed by atoms with Crippen LogP contribution < -0.4 is 10.1 Å². The van der Waals surface area contributed by atoms with E-state index in [-0.39, 0.29) is 17.1 Å². The van der Waals surface area contributed by atoms with Crippen LogP contribution in [0.1, 0.15) is 20.1 Å². The van der Waals surface area contributed by atoms with Gasteiger partial charge in [0, 0.05) is 11.8 Å². The van der Waals surface area contributed by atoms with Crippen molar-refractivity contribution in [3.63, 3.8) is 0 Å². The zero-order valence-corrected chi connectivity index (χ0v) is 18.1. The number of phosphoric acid groups is 1. The van der Waals surface area contributed by atoms with E-state index in [4.69, 9.17) is 44.9 Å². The maximum absolute atomic E-state index is 15.8. The molecule has 1 aromatic heterocycles. The van der Waals surface area contributed by atoms with E-state index in [0.29, 0.717) is 11.1 Å². The monoisotopic (exact) mass is 496 g/mol. The van der Waals surface area contributed by atoms with E-state index in [1.54, 1.807) is 25.1 Å². The van der Waals surface area contributed by atoms with Crippen LogP contribution in [0.4, 0.5) is 4.39 Å². The number of ether oxygens (including phenoxy) is 1. The summed E-state index contributed by atoms with van der Waals surface area (Å²) < 4.78 is 65.4. The van der Waals surface area contributed by atoms with E-state index in [1.807, 2.05) is 0 Å². The molecular formula is C17H17ClFN2O8PS. The Morgan fingerprint density at radius 3 is 3.03 bits per heavy atom. The summed E-state index contributed by atoms with van der Waals surface area (Å²) in [4.78, 5) is 13.7. The summed E-state index contributed by atoms with van der Waals surface area (Å²) in [5.41, 5.74) is 0.293. The van der Waals surface area contributed by atoms with Gasteiger partial charge in [-0.25, -0.2) is 8.96 Å². The van der Waals surface area contributed by atoms with Gasteiger partial charge in [-0.1, -0.05) is 29.8 Å². The minimum absolute atomic E-state index is 0.121. The Balaban J connectivity index is 1.64. The zero-order chi connectivity index (χ0) is 24.3. The second-order valence-corrected chi connectivity index (χ2v) is 9.11. The lowest BCUT2D eigenvalue weighted by molar-refractivity contribution is -0.205. The number of hydrogen-bond acceptors (Lipinski definition) is 9. The summed E-state index contributed by atoms with van der Waals surface area (Å²) in [7, 11) is -4.73. The standard InChI is InChI=1S/C17H17ClFN2O8PS/c1-8-3-2-4-9-6-26-30(25,29-12(8)9)27-7-17(19)13(23)11(22)15(28-17)21-5-10(18)14(24)20-16(21)31/h2-5,11,13,15,22-23H,6-7H2,1H3,(H,20,24,31)/t11-,13+,15-,17-,30?/m1/s1/i7D2.